The van der Waals surface area contributed by atoms with Gasteiger partial charge in [0, 0.05) is 19.8 Å². The van der Waals surface area contributed by atoms with Gasteiger partial charge in [0.05, 0.1) is 38.6 Å². The van der Waals surface area contributed by atoms with Crippen LogP contribution in [0.1, 0.15) is 10.4 Å². The van der Waals surface area contributed by atoms with Gasteiger partial charge in [0.2, 0.25) is 5.75 Å². The zero-order chi connectivity index (χ0) is 18.5. The second kappa shape index (κ2) is 12.7. The number of carbonyl (C=O) groups is 1. The van der Waals surface area contributed by atoms with Gasteiger partial charge in [-0.3, -0.25) is 4.79 Å². The maximum Gasteiger partial charge on any atom is 0.207 e. The van der Waals surface area contributed by atoms with Crippen molar-refractivity contribution in [1.82, 2.24) is 0 Å². The molecule has 9 heteroatoms. The third-order valence-corrected chi connectivity index (χ3v) is 3.34. The molecule has 0 aliphatic heterocycles. The Balaban J connectivity index is 2.86. The number of hydrogen-bond donors (Lipinski definition) is 0. The largest absolute Gasteiger partial charge is 0.491 e. The van der Waals surface area contributed by atoms with E-state index in [1.165, 1.54) is 13.2 Å². The smallest absolute Gasteiger partial charge is 0.207 e. The van der Waals surface area contributed by atoms with E-state index in [2.05, 4.69) is 0 Å². The van der Waals surface area contributed by atoms with Crippen molar-refractivity contribution in [3.8, 4) is 17.2 Å². The van der Waals surface area contributed by atoms with Crippen LogP contribution in [-0.4, -0.2) is 67.6 Å². The maximum absolute atomic E-state index is 11.2. The molecule has 0 aliphatic carbocycles. The number of carbonyl (C=O) groups excluding carboxylic acids is 1. The second-order valence-corrected chi connectivity index (χ2v) is 4.96. The van der Waals surface area contributed by atoms with Crippen LogP contribution in [0.4, 0.5) is 0 Å². The molecule has 0 N–H and O–H groups in total. The summed E-state index contributed by atoms with van der Waals surface area (Å²) in [7, 11) is 4.55. The summed E-state index contributed by atoms with van der Waals surface area (Å²) in [5, 5.41) is 0.122. The summed E-state index contributed by atoms with van der Waals surface area (Å²) in [4.78, 5) is 11.2. The number of aldehydes is 1. The summed E-state index contributed by atoms with van der Waals surface area (Å²) in [5.41, 5.74) is 0.207. The lowest BCUT2D eigenvalue weighted by atomic mass is 10.2. The van der Waals surface area contributed by atoms with E-state index in [1.54, 1.807) is 14.2 Å². The van der Waals surface area contributed by atoms with E-state index in [1.807, 2.05) is 0 Å². The van der Waals surface area contributed by atoms with E-state index in [4.69, 9.17) is 44.8 Å². The van der Waals surface area contributed by atoms with E-state index in [0.717, 1.165) is 0 Å². The molecule has 0 atom stereocenters. The van der Waals surface area contributed by atoms with E-state index in [9.17, 15) is 4.79 Å². The highest BCUT2D eigenvalue weighted by Crippen LogP contribution is 2.44. The Hall–Kier alpha value is -1.58. The van der Waals surface area contributed by atoms with Crippen LogP contribution in [0, 0.1) is 0 Å². The average molecular weight is 379 g/mol. The Morgan fingerprint density at radius 3 is 2.04 bits per heavy atom. The van der Waals surface area contributed by atoms with Gasteiger partial charge in [0.1, 0.15) is 0 Å². The van der Waals surface area contributed by atoms with Gasteiger partial charge >= 0.3 is 0 Å². The molecule has 0 aliphatic rings. The van der Waals surface area contributed by atoms with Crippen molar-refractivity contribution < 1.29 is 38.0 Å². The number of ether oxygens (including phenoxy) is 7. The van der Waals surface area contributed by atoms with Crippen molar-refractivity contribution in [3.63, 3.8) is 0 Å². The first-order valence-electron chi connectivity index (χ1n) is 7.44. The van der Waals surface area contributed by atoms with Gasteiger partial charge in [-0.05, 0) is 6.07 Å². The lowest BCUT2D eigenvalue weighted by Gasteiger charge is -2.18. The number of benzene rings is 1. The molecule has 0 bridgehead atoms. The quantitative estimate of drug-likeness (QED) is 0.277. The molecular weight excluding hydrogens is 356 g/mol. The molecule has 0 saturated carbocycles. The Morgan fingerprint density at radius 1 is 0.920 bits per heavy atom. The van der Waals surface area contributed by atoms with Crippen LogP contribution >= 0.6 is 11.6 Å². The molecule has 1 aromatic rings. The van der Waals surface area contributed by atoms with Crippen molar-refractivity contribution >= 4 is 17.9 Å². The number of hydrogen-bond acceptors (Lipinski definition) is 8. The van der Waals surface area contributed by atoms with Gasteiger partial charge in [0.25, 0.3) is 0 Å². The van der Waals surface area contributed by atoms with E-state index < -0.39 is 0 Å². The standard InChI is InChI=1S/C16H23ClO8/c1-19-4-6-22-10-24-13-8-12(9-18)14(17)16(21-3)15(13)25-11-23-7-5-20-2/h8-9H,4-7,10-11H2,1-3H3. The lowest BCUT2D eigenvalue weighted by Crippen LogP contribution is -2.12. The summed E-state index contributed by atoms with van der Waals surface area (Å²) < 4.78 is 36.6. The molecule has 0 unspecified atom stereocenters. The Labute approximate surface area is 151 Å². The highest BCUT2D eigenvalue weighted by atomic mass is 35.5. The van der Waals surface area contributed by atoms with Crippen LogP contribution in [0.2, 0.25) is 5.02 Å². The zero-order valence-electron chi connectivity index (χ0n) is 14.5. The first-order valence-corrected chi connectivity index (χ1v) is 7.82. The summed E-state index contributed by atoms with van der Waals surface area (Å²) in [5.74, 6) is 0.635. The molecule has 0 radical (unpaired) electrons. The molecule has 1 aromatic carbocycles. The molecule has 0 heterocycles. The Bertz CT molecular complexity index is 523. The molecule has 8 nitrogen and oxygen atoms in total. The fourth-order valence-electron chi connectivity index (χ4n) is 1.73. The number of rotatable bonds is 14. The molecule has 142 valence electrons. The molecule has 0 fully saturated rings. The van der Waals surface area contributed by atoms with Gasteiger partial charge in [-0.2, -0.15) is 0 Å². The van der Waals surface area contributed by atoms with E-state index in [-0.39, 0.29) is 41.4 Å². The molecule has 0 aromatic heterocycles. The van der Waals surface area contributed by atoms with Gasteiger partial charge in [-0.25, -0.2) is 0 Å². The fourth-order valence-corrected chi connectivity index (χ4v) is 1.99. The van der Waals surface area contributed by atoms with Crippen LogP contribution in [-0.2, 0) is 18.9 Å². The average Bonchev–Trinajstić information content (AvgIpc) is 2.62. The number of halogens is 1. The summed E-state index contributed by atoms with van der Waals surface area (Å²) >= 11 is 6.15. The summed E-state index contributed by atoms with van der Waals surface area (Å²) in [6.07, 6.45) is 0.600. The molecule has 0 saturated heterocycles. The van der Waals surface area contributed by atoms with Crippen LogP contribution in [0.25, 0.3) is 0 Å². The molecule has 25 heavy (non-hydrogen) atoms. The van der Waals surface area contributed by atoms with Gasteiger partial charge in [-0.15, -0.1) is 0 Å². The SMILES string of the molecule is COCCOCOc1cc(C=O)c(Cl)c(OC)c1OCOCCOC. The fraction of sp³-hybridized carbons (Fsp3) is 0.562. The van der Waals surface area contributed by atoms with E-state index >= 15 is 0 Å². The van der Waals surface area contributed by atoms with Gasteiger partial charge in [0.15, 0.2) is 31.4 Å². The topological polar surface area (TPSA) is 81.7 Å². The van der Waals surface area contributed by atoms with Crippen molar-refractivity contribution in [3.05, 3.63) is 16.7 Å². The first kappa shape index (κ1) is 21.5. The maximum atomic E-state index is 11.2. The summed E-state index contributed by atoms with van der Waals surface area (Å²) in [6, 6.07) is 1.45. The Morgan fingerprint density at radius 2 is 1.52 bits per heavy atom. The van der Waals surface area contributed by atoms with E-state index in [0.29, 0.717) is 32.7 Å². The second-order valence-electron chi connectivity index (χ2n) is 4.58. The summed E-state index contributed by atoms with van der Waals surface area (Å²) in [6.45, 7) is 1.45. The van der Waals surface area contributed by atoms with Crippen molar-refractivity contribution in [2.45, 2.75) is 0 Å². The Kier molecular flexibility index (Phi) is 10.9. The number of methoxy groups -OCH3 is 3. The predicted octanol–water partition coefficient (Wildman–Crippen LogP) is 2.16. The normalized spacial score (nSPS) is 10.6. The zero-order valence-corrected chi connectivity index (χ0v) is 15.3. The minimum absolute atomic E-state index is 0.0622. The predicted molar refractivity (Wildman–Crippen MR) is 90.0 cm³/mol. The molecular formula is C16H23ClO8. The van der Waals surface area contributed by atoms with Crippen LogP contribution < -0.4 is 14.2 Å². The molecule has 0 amide bonds. The lowest BCUT2D eigenvalue weighted by molar-refractivity contribution is -0.0215. The highest BCUT2D eigenvalue weighted by Gasteiger charge is 2.20. The van der Waals surface area contributed by atoms with Crippen LogP contribution in [0.5, 0.6) is 17.2 Å². The highest BCUT2D eigenvalue weighted by molar-refractivity contribution is 6.34. The van der Waals surface area contributed by atoms with Crippen molar-refractivity contribution in [2.75, 3.05) is 61.3 Å². The third-order valence-electron chi connectivity index (χ3n) is 2.95. The molecule has 0 spiro atoms. The monoisotopic (exact) mass is 378 g/mol. The first-order chi connectivity index (χ1) is 12.2. The van der Waals surface area contributed by atoms with Crippen LogP contribution in [0.3, 0.4) is 0 Å². The third kappa shape index (κ3) is 7.05. The van der Waals surface area contributed by atoms with Crippen LogP contribution in [0.15, 0.2) is 6.07 Å². The van der Waals surface area contributed by atoms with Gasteiger partial charge < -0.3 is 33.2 Å². The van der Waals surface area contributed by atoms with Crippen molar-refractivity contribution in [2.24, 2.45) is 0 Å². The van der Waals surface area contributed by atoms with Gasteiger partial charge in [-0.1, -0.05) is 11.6 Å². The molecule has 1 rings (SSSR count). The van der Waals surface area contributed by atoms with Crippen molar-refractivity contribution in [1.29, 1.82) is 0 Å². The minimum Gasteiger partial charge on any atom is -0.491 e. The minimum atomic E-state index is -0.0720.